The summed E-state index contributed by atoms with van der Waals surface area (Å²) < 4.78 is 37.4. The summed E-state index contributed by atoms with van der Waals surface area (Å²) in [6.07, 6.45) is 0.255. The van der Waals surface area contributed by atoms with Gasteiger partial charge in [-0.05, 0) is 39.3 Å². The van der Waals surface area contributed by atoms with E-state index in [1.807, 2.05) is 27.7 Å². The van der Waals surface area contributed by atoms with Gasteiger partial charge in [0.25, 0.3) is 6.43 Å². The van der Waals surface area contributed by atoms with Gasteiger partial charge in [-0.2, -0.15) is 0 Å². The van der Waals surface area contributed by atoms with Gasteiger partial charge in [0, 0.05) is 17.9 Å². The lowest BCUT2D eigenvalue weighted by molar-refractivity contribution is 0.00578. The predicted octanol–water partition coefficient (Wildman–Crippen LogP) is 1.65. The quantitative estimate of drug-likeness (QED) is 0.857. The lowest BCUT2D eigenvalue weighted by Crippen LogP contribution is -2.41. The first-order valence-electron chi connectivity index (χ1n) is 6.49. The van der Waals surface area contributed by atoms with Crippen LogP contribution in [0.1, 0.15) is 39.3 Å². The zero-order chi connectivity index (χ0) is 15.1. The Morgan fingerprint density at radius 3 is 2.25 bits per heavy atom. The number of pyridine rings is 1. The van der Waals surface area contributed by atoms with Gasteiger partial charge in [-0.1, -0.05) is 0 Å². The summed E-state index contributed by atoms with van der Waals surface area (Å²) in [4.78, 5) is 3.97. The highest BCUT2D eigenvalue weighted by Crippen LogP contribution is 2.37. The smallest absolute Gasteiger partial charge is 0.399 e. The van der Waals surface area contributed by atoms with E-state index < -0.39 is 30.8 Å². The molecule has 0 bridgehead atoms. The first-order valence-corrected chi connectivity index (χ1v) is 6.49. The Morgan fingerprint density at radius 1 is 1.20 bits per heavy atom. The SMILES string of the molecule is CC1(C)OB(c2cnccc2C(N)C(F)F)OC1(C)C. The highest BCUT2D eigenvalue weighted by molar-refractivity contribution is 6.62. The summed E-state index contributed by atoms with van der Waals surface area (Å²) in [7, 11) is -0.742. The largest absolute Gasteiger partial charge is 0.496 e. The Morgan fingerprint density at radius 2 is 1.75 bits per heavy atom. The molecule has 4 nitrogen and oxygen atoms in total. The average Bonchev–Trinajstić information content (AvgIpc) is 2.57. The Kier molecular flexibility index (Phi) is 3.88. The van der Waals surface area contributed by atoms with Crippen LogP contribution in [0.15, 0.2) is 18.5 Å². The Labute approximate surface area is 117 Å². The van der Waals surface area contributed by atoms with Crippen LogP contribution in [0.25, 0.3) is 0 Å². The van der Waals surface area contributed by atoms with Crippen LogP contribution in [0, 0.1) is 0 Å². The van der Waals surface area contributed by atoms with E-state index >= 15 is 0 Å². The molecule has 0 aromatic carbocycles. The number of alkyl halides is 2. The Balaban J connectivity index is 2.36. The number of halogens is 2. The van der Waals surface area contributed by atoms with Gasteiger partial charge in [-0.15, -0.1) is 0 Å². The van der Waals surface area contributed by atoms with E-state index in [4.69, 9.17) is 15.0 Å². The first kappa shape index (κ1) is 15.3. The van der Waals surface area contributed by atoms with Crippen LogP contribution in [-0.4, -0.2) is 29.7 Å². The molecule has 0 amide bonds. The van der Waals surface area contributed by atoms with Crippen molar-refractivity contribution in [3.63, 3.8) is 0 Å². The minimum atomic E-state index is -2.65. The zero-order valence-corrected chi connectivity index (χ0v) is 12.1. The third-order valence-corrected chi connectivity index (χ3v) is 4.02. The van der Waals surface area contributed by atoms with E-state index in [1.165, 1.54) is 18.5 Å². The maximum atomic E-state index is 12.9. The molecule has 0 radical (unpaired) electrons. The third kappa shape index (κ3) is 2.57. The van der Waals surface area contributed by atoms with Crippen molar-refractivity contribution in [3.05, 3.63) is 24.0 Å². The lowest BCUT2D eigenvalue weighted by atomic mass is 9.75. The molecule has 1 fully saturated rings. The fourth-order valence-electron chi connectivity index (χ4n) is 2.02. The van der Waals surface area contributed by atoms with Gasteiger partial charge in [0.15, 0.2) is 0 Å². The molecule has 20 heavy (non-hydrogen) atoms. The van der Waals surface area contributed by atoms with Gasteiger partial charge >= 0.3 is 7.12 Å². The van der Waals surface area contributed by atoms with Gasteiger partial charge in [-0.25, -0.2) is 8.78 Å². The monoisotopic (exact) mass is 284 g/mol. The minimum Gasteiger partial charge on any atom is -0.399 e. The number of hydrogen-bond acceptors (Lipinski definition) is 4. The van der Waals surface area contributed by atoms with Crippen LogP contribution >= 0.6 is 0 Å². The van der Waals surface area contributed by atoms with Crippen molar-refractivity contribution in [2.75, 3.05) is 0 Å². The van der Waals surface area contributed by atoms with Crippen molar-refractivity contribution in [1.29, 1.82) is 0 Å². The molecule has 1 aliphatic rings. The van der Waals surface area contributed by atoms with Crippen molar-refractivity contribution < 1.29 is 18.1 Å². The molecule has 1 unspecified atom stereocenters. The van der Waals surface area contributed by atoms with Crippen LogP contribution in [0.5, 0.6) is 0 Å². The number of hydrogen-bond donors (Lipinski definition) is 1. The fraction of sp³-hybridized carbons (Fsp3) is 0.615. The minimum absolute atomic E-state index is 0.300. The summed E-state index contributed by atoms with van der Waals surface area (Å²) in [5.74, 6) is 0. The van der Waals surface area contributed by atoms with E-state index in [9.17, 15) is 8.78 Å². The topological polar surface area (TPSA) is 57.4 Å². The van der Waals surface area contributed by atoms with Crippen LogP contribution < -0.4 is 11.2 Å². The highest BCUT2D eigenvalue weighted by atomic mass is 19.3. The number of aromatic nitrogens is 1. The second kappa shape index (κ2) is 5.05. The molecule has 2 heterocycles. The standard InChI is InChI=1S/C13H19BF2N2O2/c1-12(2)13(3,4)20-14(19-12)9-7-18-6-5-8(9)10(17)11(15)16/h5-7,10-11H,17H2,1-4H3. The van der Waals surface area contributed by atoms with Crippen molar-refractivity contribution in [3.8, 4) is 0 Å². The molecule has 0 spiro atoms. The van der Waals surface area contributed by atoms with Crippen LogP contribution in [0.2, 0.25) is 0 Å². The molecule has 1 aromatic heterocycles. The van der Waals surface area contributed by atoms with Crippen LogP contribution in [0.3, 0.4) is 0 Å². The van der Waals surface area contributed by atoms with Crippen molar-refractivity contribution in [2.45, 2.75) is 51.4 Å². The average molecular weight is 284 g/mol. The molecule has 1 aromatic rings. The zero-order valence-electron chi connectivity index (χ0n) is 12.1. The number of nitrogens with zero attached hydrogens (tertiary/aromatic N) is 1. The second-order valence-electron chi connectivity index (χ2n) is 5.95. The van der Waals surface area contributed by atoms with Crippen molar-refractivity contribution in [1.82, 2.24) is 4.98 Å². The summed E-state index contributed by atoms with van der Waals surface area (Å²) >= 11 is 0. The third-order valence-electron chi connectivity index (χ3n) is 4.02. The molecule has 1 atom stereocenters. The highest BCUT2D eigenvalue weighted by Gasteiger charge is 2.52. The predicted molar refractivity (Wildman–Crippen MR) is 72.9 cm³/mol. The van der Waals surface area contributed by atoms with Gasteiger partial charge in [0.05, 0.1) is 17.2 Å². The van der Waals surface area contributed by atoms with Crippen molar-refractivity contribution >= 4 is 12.6 Å². The Bertz CT molecular complexity index is 481. The molecule has 1 saturated heterocycles. The van der Waals surface area contributed by atoms with E-state index in [2.05, 4.69) is 4.98 Å². The summed E-state index contributed by atoms with van der Waals surface area (Å²) in [6.45, 7) is 7.60. The van der Waals surface area contributed by atoms with E-state index in [-0.39, 0.29) is 0 Å². The molecular formula is C13H19BF2N2O2. The van der Waals surface area contributed by atoms with E-state index in [0.29, 0.717) is 11.0 Å². The molecular weight excluding hydrogens is 265 g/mol. The molecule has 0 saturated carbocycles. The number of nitrogens with two attached hydrogens (primary N) is 1. The van der Waals surface area contributed by atoms with Gasteiger partial charge in [0.1, 0.15) is 0 Å². The molecule has 110 valence electrons. The summed E-state index contributed by atoms with van der Waals surface area (Å²) in [5, 5.41) is 0. The van der Waals surface area contributed by atoms with Gasteiger partial charge < -0.3 is 15.0 Å². The van der Waals surface area contributed by atoms with Crippen LogP contribution in [-0.2, 0) is 9.31 Å². The summed E-state index contributed by atoms with van der Waals surface area (Å²) in [6, 6.07) is 0.101. The number of rotatable bonds is 3. The normalized spacial score (nSPS) is 22.3. The van der Waals surface area contributed by atoms with Gasteiger partial charge in [-0.3, -0.25) is 4.98 Å². The Hall–Kier alpha value is -1.05. The van der Waals surface area contributed by atoms with Gasteiger partial charge in [0.2, 0.25) is 0 Å². The van der Waals surface area contributed by atoms with Crippen LogP contribution in [0.4, 0.5) is 8.78 Å². The van der Waals surface area contributed by atoms with E-state index in [0.717, 1.165) is 0 Å². The second-order valence-corrected chi connectivity index (χ2v) is 5.95. The molecule has 7 heteroatoms. The van der Waals surface area contributed by atoms with Crippen molar-refractivity contribution in [2.24, 2.45) is 5.73 Å². The fourth-order valence-corrected chi connectivity index (χ4v) is 2.02. The maximum Gasteiger partial charge on any atom is 0.496 e. The lowest BCUT2D eigenvalue weighted by Gasteiger charge is -2.32. The molecule has 0 aliphatic carbocycles. The maximum absolute atomic E-state index is 12.9. The summed E-state index contributed by atoms with van der Waals surface area (Å²) in [5.41, 5.74) is 5.23. The van der Waals surface area contributed by atoms with E-state index in [1.54, 1.807) is 0 Å². The molecule has 1 aliphatic heterocycles. The molecule has 2 rings (SSSR count). The molecule has 2 N–H and O–H groups in total. The first-order chi connectivity index (χ1) is 9.16.